The Morgan fingerprint density at radius 1 is 1.15 bits per heavy atom. The summed E-state index contributed by atoms with van der Waals surface area (Å²) in [4.78, 5) is 14.4. The van der Waals surface area contributed by atoms with Gasteiger partial charge in [0, 0.05) is 18.7 Å². The molecular formula is C16H16N2O2. The Labute approximate surface area is 117 Å². The van der Waals surface area contributed by atoms with Crippen molar-refractivity contribution in [1.82, 2.24) is 4.90 Å². The summed E-state index contributed by atoms with van der Waals surface area (Å²) < 4.78 is 5.16. The molecular weight excluding hydrogens is 252 g/mol. The largest absolute Gasteiger partial charge is 0.495 e. The summed E-state index contributed by atoms with van der Waals surface area (Å²) in [5, 5.41) is 0. The highest BCUT2D eigenvalue weighted by molar-refractivity contribution is 5.95. The van der Waals surface area contributed by atoms with Crippen LogP contribution in [-0.2, 0) is 13.1 Å². The molecule has 0 fully saturated rings. The van der Waals surface area contributed by atoms with Gasteiger partial charge in [0.25, 0.3) is 5.91 Å². The summed E-state index contributed by atoms with van der Waals surface area (Å²) in [5.41, 5.74) is 9.33. The van der Waals surface area contributed by atoms with Crippen LogP contribution in [-0.4, -0.2) is 17.9 Å². The molecule has 0 saturated heterocycles. The molecule has 2 aromatic carbocycles. The number of carbonyl (C=O) groups is 1. The second-order valence-corrected chi connectivity index (χ2v) is 4.89. The van der Waals surface area contributed by atoms with Gasteiger partial charge >= 0.3 is 0 Å². The summed E-state index contributed by atoms with van der Waals surface area (Å²) in [7, 11) is 1.55. The molecule has 1 heterocycles. The molecule has 4 heteroatoms. The van der Waals surface area contributed by atoms with Crippen molar-refractivity contribution in [2.75, 3.05) is 12.8 Å². The smallest absolute Gasteiger partial charge is 0.254 e. The number of amides is 1. The molecule has 0 spiro atoms. The first-order valence-electron chi connectivity index (χ1n) is 6.48. The molecule has 1 amide bonds. The van der Waals surface area contributed by atoms with Crippen molar-refractivity contribution in [3.63, 3.8) is 0 Å². The van der Waals surface area contributed by atoms with E-state index in [1.807, 2.05) is 17.0 Å². The van der Waals surface area contributed by atoms with Crippen LogP contribution in [0, 0.1) is 0 Å². The van der Waals surface area contributed by atoms with E-state index in [2.05, 4.69) is 12.1 Å². The molecule has 0 saturated carbocycles. The monoisotopic (exact) mass is 268 g/mol. The van der Waals surface area contributed by atoms with E-state index in [1.165, 1.54) is 11.1 Å². The van der Waals surface area contributed by atoms with Crippen molar-refractivity contribution >= 4 is 11.6 Å². The number of rotatable bonds is 2. The van der Waals surface area contributed by atoms with Gasteiger partial charge in [-0.25, -0.2) is 0 Å². The Kier molecular flexibility index (Phi) is 3.06. The molecule has 0 unspecified atom stereocenters. The first-order valence-corrected chi connectivity index (χ1v) is 6.48. The van der Waals surface area contributed by atoms with Gasteiger partial charge in [0.2, 0.25) is 0 Å². The number of nitrogen functional groups attached to an aromatic ring is 1. The minimum Gasteiger partial charge on any atom is -0.495 e. The molecule has 3 rings (SSSR count). The fourth-order valence-electron chi connectivity index (χ4n) is 2.50. The topological polar surface area (TPSA) is 55.6 Å². The van der Waals surface area contributed by atoms with Crippen LogP contribution >= 0.6 is 0 Å². The van der Waals surface area contributed by atoms with Crippen LogP contribution in [0.4, 0.5) is 5.69 Å². The number of hydrogen-bond donors (Lipinski definition) is 1. The summed E-state index contributed by atoms with van der Waals surface area (Å²) in [6.45, 7) is 1.31. The maximum Gasteiger partial charge on any atom is 0.254 e. The fraction of sp³-hybridized carbons (Fsp3) is 0.188. The number of ether oxygens (including phenoxy) is 1. The highest BCUT2D eigenvalue weighted by Crippen LogP contribution is 2.27. The third-order valence-corrected chi connectivity index (χ3v) is 3.61. The van der Waals surface area contributed by atoms with Crippen molar-refractivity contribution in [3.8, 4) is 5.75 Å². The second kappa shape index (κ2) is 4.89. The third kappa shape index (κ3) is 2.09. The number of nitrogens with zero attached hydrogens (tertiary/aromatic N) is 1. The van der Waals surface area contributed by atoms with Crippen molar-refractivity contribution in [2.24, 2.45) is 0 Å². The SMILES string of the molecule is COc1cc(C(=O)N2Cc3ccccc3C2)ccc1N. The van der Waals surface area contributed by atoms with Gasteiger partial charge in [-0.15, -0.1) is 0 Å². The zero-order valence-electron chi connectivity index (χ0n) is 11.3. The maximum atomic E-state index is 12.5. The van der Waals surface area contributed by atoms with E-state index >= 15 is 0 Å². The number of carbonyl (C=O) groups excluding carboxylic acids is 1. The van der Waals surface area contributed by atoms with Gasteiger partial charge in [-0.2, -0.15) is 0 Å². The molecule has 0 bridgehead atoms. The van der Waals surface area contributed by atoms with Crippen molar-refractivity contribution < 1.29 is 9.53 Å². The predicted molar refractivity (Wildman–Crippen MR) is 77.4 cm³/mol. The van der Waals surface area contributed by atoms with Crippen molar-refractivity contribution in [1.29, 1.82) is 0 Å². The van der Waals surface area contributed by atoms with E-state index in [-0.39, 0.29) is 5.91 Å². The number of methoxy groups -OCH3 is 1. The molecule has 20 heavy (non-hydrogen) atoms. The van der Waals surface area contributed by atoms with E-state index in [0.717, 1.165) is 0 Å². The molecule has 1 aliphatic rings. The summed E-state index contributed by atoms with van der Waals surface area (Å²) in [6.07, 6.45) is 0. The lowest BCUT2D eigenvalue weighted by atomic mass is 10.1. The minimum atomic E-state index is -0.000463. The Morgan fingerprint density at radius 2 is 1.80 bits per heavy atom. The number of hydrogen-bond acceptors (Lipinski definition) is 3. The van der Waals surface area contributed by atoms with E-state index in [1.54, 1.807) is 25.3 Å². The van der Waals surface area contributed by atoms with E-state index < -0.39 is 0 Å². The van der Waals surface area contributed by atoms with E-state index in [4.69, 9.17) is 10.5 Å². The number of benzene rings is 2. The minimum absolute atomic E-state index is 0.000463. The molecule has 0 atom stereocenters. The molecule has 1 aliphatic heterocycles. The number of fused-ring (bicyclic) bond motifs is 1. The van der Waals surface area contributed by atoms with Crippen LogP contribution in [0.5, 0.6) is 5.75 Å². The zero-order chi connectivity index (χ0) is 14.1. The third-order valence-electron chi connectivity index (χ3n) is 3.61. The summed E-state index contributed by atoms with van der Waals surface area (Å²) >= 11 is 0. The van der Waals surface area contributed by atoms with Crippen LogP contribution in [0.25, 0.3) is 0 Å². The molecule has 4 nitrogen and oxygen atoms in total. The van der Waals surface area contributed by atoms with Gasteiger partial charge < -0.3 is 15.4 Å². The quantitative estimate of drug-likeness (QED) is 0.851. The average Bonchev–Trinajstić information content (AvgIpc) is 2.91. The molecule has 2 N–H and O–H groups in total. The van der Waals surface area contributed by atoms with Gasteiger partial charge in [-0.3, -0.25) is 4.79 Å². The Balaban J connectivity index is 1.84. The first-order chi connectivity index (χ1) is 9.69. The van der Waals surface area contributed by atoms with E-state index in [9.17, 15) is 4.79 Å². The molecule has 0 radical (unpaired) electrons. The Hall–Kier alpha value is -2.49. The standard InChI is InChI=1S/C16H16N2O2/c1-20-15-8-11(6-7-14(15)17)16(19)18-9-12-4-2-3-5-13(12)10-18/h2-8H,9-10,17H2,1H3. The van der Waals surface area contributed by atoms with Crippen molar-refractivity contribution in [3.05, 3.63) is 59.2 Å². The van der Waals surface area contributed by atoms with Gasteiger partial charge in [-0.05, 0) is 29.3 Å². The van der Waals surface area contributed by atoms with Gasteiger partial charge in [0.05, 0.1) is 12.8 Å². The van der Waals surface area contributed by atoms with Crippen LogP contribution in [0.2, 0.25) is 0 Å². The molecule has 0 aliphatic carbocycles. The van der Waals surface area contributed by atoms with Gasteiger partial charge in [0.1, 0.15) is 5.75 Å². The van der Waals surface area contributed by atoms with Crippen molar-refractivity contribution in [2.45, 2.75) is 13.1 Å². The van der Waals surface area contributed by atoms with Crippen LogP contribution in [0.1, 0.15) is 21.5 Å². The molecule has 2 aromatic rings. The van der Waals surface area contributed by atoms with Gasteiger partial charge in [-0.1, -0.05) is 24.3 Å². The normalized spacial score (nSPS) is 13.2. The zero-order valence-corrected chi connectivity index (χ0v) is 11.3. The van der Waals surface area contributed by atoms with Crippen LogP contribution in [0.3, 0.4) is 0 Å². The van der Waals surface area contributed by atoms with E-state index in [0.29, 0.717) is 30.1 Å². The van der Waals surface area contributed by atoms with Crippen LogP contribution < -0.4 is 10.5 Å². The highest BCUT2D eigenvalue weighted by Gasteiger charge is 2.24. The van der Waals surface area contributed by atoms with Crippen LogP contribution in [0.15, 0.2) is 42.5 Å². The molecule has 102 valence electrons. The van der Waals surface area contributed by atoms with Gasteiger partial charge in [0.15, 0.2) is 0 Å². The maximum absolute atomic E-state index is 12.5. The summed E-state index contributed by atoms with van der Waals surface area (Å²) in [6, 6.07) is 13.3. The lowest BCUT2D eigenvalue weighted by Gasteiger charge is -2.16. The number of nitrogens with two attached hydrogens (primary N) is 1. The fourth-order valence-corrected chi connectivity index (χ4v) is 2.50. The lowest BCUT2D eigenvalue weighted by Crippen LogP contribution is -2.25. The first kappa shape index (κ1) is 12.5. The Morgan fingerprint density at radius 3 is 2.40 bits per heavy atom. The second-order valence-electron chi connectivity index (χ2n) is 4.89. The lowest BCUT2D eigenvalue weighted by molar-refractivity contribution is 0.0751. The highest BCUT2D eigenvalue weighted by atomic mass is 16.5. The molecule has 0 aromatic heterocycles. The summed E-state index contributed by atoms with van der Waals surface area (Å²) in [5.74, 6) is 0.534. The average molecular weight is 268 g/mol. The number of anilines is 1. The Bertz CT molecular complexity index is 642. The predicted octanol–water partition coefficient (Wildman–Crippen LogP) is 2.43.